The van der Waals surface area contributed by atoms with Crippen molar-refractivity contribution in [2.45, 2.75) is 13.5 Å². The normalized spacial score (nSPS) is 16.0. The van der Waals surface area contributed by atoms with Crippen LogP contribution in [-0.4, -0.2) is 31.2 Å². The van der Waals surface area contributed by atoms with Gasteiger partial charge in [-0.25, -0.2) is 4.98 Å². The van der Waals surface area contributed by atoms with Gasteiger partial charge in [0.05, 0.1) is 36.4 Å². The molecule has 2 heterocycles. The van der Waals surface area contributed by atoms with Crippen LogP contribution in [-0.2, 0) is 6.54 Å². The van der Waals surface area contributed by atoms with Crippen LogP contribution in [0.5, 0.6) is 0 Å². The number of fused-ring (bicyclic) bond motifs is 1. The van der Waals surface area contributed by atoms with Crippen LogP contribution in [0.15, 0.2) is 42.5 Å². The molecule has 0 spiro atoms. The van der Waals surface area contributed by atoms with E-state index in [-0.39, 0.29) is 0 Å². The third kappa shape index (κ3) is 3.27. The van der Waals surface area contributed by atoms with Crippen LogP contribution in [0, 0.1) is 6.92 Å². The van der Waals surface area contributed by atoms with Gasteiger partial charge in [0.25, 0.3) is 0 Å². The zero-order valence-electron chi connectivity index (χ0n) is 13.8. The standard InChI is InChI=1S/C19H20ClN3S/c1-14-6-7-15(20)12-17(14)23-10-8-22(9-11-23)13-19-21-16-4-2-3-5-18(16)24-19/h2-7,12H,8-11,13H2,1H3/p+1. The second-order valence-electron chi connectivity index (χ2n) is 6.42. The molecule has 1 aliphatic rings. The fraction of sp³-hybridized carbons (Fsp3) is 0.316. The lowest BCUT2D eigenvalue weighted by Crippen LogP contribution is -3.13. The SMILES string of the molecule is Cc1ccc(Cl)cc1N1CC[NH+](Cc2nc3ccccc3s2)CC1. The van der Waals surface area contributed by atoms with Crippen molar-refractivity contribution in [3.63, 3.8) is 0 Å². The molecule has 0 unspecified atom stereocenters. The van der Waals surface area contributed by atoms with Crippen molar-refractivity contribution < 1.29 is 4.90 Å². The first-order valence-corrected chi connectivity index (χ1v) is 9.57. The number of para-hydroxylation sites is 1. The third-order valence-electron chi connectivity index (χ3n) is 4.72. The zero-order chi connectivity index (χ0) is 16.5. The number of quaternary nitrogens is 1. The smallest absolute Gasteiger partial charge is 0.148 e. The number of halogens is 1. The van der Waals surface area contributed by atoms with Gasteiger partial charge in [-0.05, 0) is 36.8 Å². The average Bonchev–Trinajstić information content (AvgIpc) is 3.00. The number of hydrogen-bond acceptors (Lipinski definition) is 3. The van der Waals surface area contributed by atoms with Gasteiger partial charge in [0.2, 0.25) is 0 Å². The highest BCUT2D eigenvalue weighted by atomic mass is 35.5. The largest absolute Gasteiger partial charge is 0.360 e. The number of benzene rings is 2. The average molecular weight is 359 g/mol. The Bertz CT molecular complexity index is 820. The van der Waals surface area contributed by atoms with Gasteiger partial charge in [0, 0.05) is 10.7 Å². The fourth-order valence-electron chi connectivity index (χ4n) is 3.37. The Balaban J connectivity index is 1.41. The zero-order valence-corrected chi connectivity index (χ0v) is 15.3. The maximum Gasteiger partial charge on any atom is 0.148 e. The Hall–Kier alpha value is -1.62. The number of aryl methyl sites for hydroxylation is 1. The van der Waals surface area contributed by atoms with E-state index < -0.39 is 0 Å². The fourth-order valence-corrected chi connectivity index (χ4v) is 4.58. The summed E-state index contributed by atoms with van der Waals surface area (Å²) in [6.45, 7) is 7.61. The maximum absolute atomic E-state index is 6.17. The molecule has 1 saturated heterocycles. The van der Waals surface area contributed by atoms with Gasteiger partial charge in [0.1, 0.15) is 11.6 Å². The quantitative estimate of drug-likeness (QED) is 0.776. The first-order valence-electron chi connectivity index (χ1n) is 8.38. The van der Waals surface area contributed by atoms with E-state index in [0.29, 0.717) is 0 Å². The molecule has 0 aliphatic carbocycles. The summed E-state index contributed by atoms with van der Waals surface area (Å²) in [4.78, 5) is 8.85. The van der Waals surface area contributed by atoms with Crippen molar-refractivity contribution in [2.75, 3.05) is 31.1 Å². The molecule has 1 aliphatic heterocycles. The number of rotatable bonds is 3. The van der Waals surface area contributed by atoms with E-state index >= 15 is 0 Å². The number of piperazine rings is 1. The van der Waals surface area contributed by atoms with Crippen LogP contribution < -0.4 is 9.80 Å². The van der Waals surface area contributed by atoms with E-state index in [1.165, 1.54) is 21.0 Å². The van der Waals surface area contributed by atoms with E-state index in [0.717, 1.165) is 43.3 Å². The van der Waals surface area contributed by atoms with E-state index in [1.807, 2.05) is 17.4 Å². The molecule has 3 nitrogen and oxygen atoms in total. The molecule has 5 heteroatoms. The van der Waals surface area contributed by atoms with Crippen molar-refractivity contribution in [3.8, 4) is 0 Å². The Kier molecular flexibility index (Phi) is 4.44. The number of hydrogen-bond donors (Lipinski definition) is 1. The second-order valence-corrected chi connectivity index (χ2v) is 7.97. The minimum atomic E-state index is 0.819. The summed E-state index contributed by atoms with van der Waals surface area (Å²) in [7, 11) is 0. The van der Waals surface area contributed by atoms with Gasteiger partial charge < -0.3 is 9.80 Å². The summed E-state index contributed by atoms with van der Waals surface area (Å²) in [5, 5.41) is 2.07. The van der Waals surface area contributed by atoms with Crippen LogP contribution >= 0.6 is 22.9 Å². The molecule has 1 N–H and O–H groups in total. The number of nitrogens with one attached hydrogen (secondary N) is 1. The molecular formula is C19H21ClN3S+. The van der Waals surface area contributed by atoms with Crippen molar-refractivity contribution in [2.24, 2.45) is 0 Å². The third-order valence-corrected chi connectivity index (χ3v) is 5.99. The first-order chi connectivity index (χ1) is 11.7. The number of thiazole rings is 1. The lowest BCUT2D eigenvalue weighted by atomic mass is 10.1. The Morgan fingerprint density at radius 2 is 1.96 bits per heavy atom. The van der Waals surface area contributed by atoms with Gasteiger partial charge in [-0.3, -0.25) is 0 Å². The lowest BCUT2D eigenvalue weighted by Gasteiger charge is -2.34. The second kappa shape index (κ2) is 6.71. The summed E-state index contributed by atoms with van der Waals surface area (Å²) < 4.78 is 1.29. The predicted molar refractivity (Wildman–Crippen MR) is 102 cm³/mol. The van der Waals surface area contributed by atoms with Crippen molar-refractivity contribution in [1.82, 2.24) is 4.98 Å². The first kappa shape index (κ1) is 15.9. The maximum atomic E-state index is 6.17. The topological polar surface area (TPSA) is 20.6 Å². The summed E-state index contributed by atoms with van der Waals surface area (Å²) in [6.07, 6.45) is 0. The highest BCUT2D eigenvalue weighted by Crippen LogP contribution is 2.24. The van der Waals surface area contributed by atoms with Crippen molar-refractivity contribution in [1.29, 1.82) is 0 Å². The van der Waals surface area contributed by atoms with Crippen LogP contribution in [0.1, 0.15) is 10.6 Å². The summed E-state index contributed by atoms with van der Waals surface area (Å²) in [5.41, 5.74) is 3.71. The molecule has 3 aromatic rings. The van der Waals surface area contributed by atoms with Gasteiger partial charge >= 0.3 is 0 Å². The van der Waals surface area contributed by atoms with Gasteiger partial charge in [-0.2, -0.15) is 0 Å². The van der Waals surface area contributed by atoms with Crippen LogP contribution in [0.2, 0.25) is 5.02 Å². The highest BCUT2D eigenvalue weighted by molar-refractivity contribution is 7.18. The Morgan fingerprint density at radius 1 is 1.17 bits per heavy atom. The monoisotopic (exact) mass is 358 g/mol. The van der Waals surface area contributed by atoms with E-state index in [2.05, 4.69) is 48.2 Å². The van der Waals surface area contributed by atoms with Gasteiger partial charge in [-0.1, -0.05) is 29.8 Å². The molecule has 0 radical (unpaired) electrons. The predicted octanol–water partition coefficient (Wildman–Crippen LogP) is 3.16. The number of nitrogens with zero attached hydrogens (tertiary/aromatic N) is 2. The van der Waals surface area contributed by atoms with E-state index in [1.54, 1.807) is 4.90 Å². The van der Waals surface area contributed by atoms with Crippen molar-refractivity contribution >= 4 is 38.8 Å². The summed E-state index contributed by atoms with van der Waals surface area (Å²) in [5.74, 6) is 0. The molecule has 0 saturated carbocycles. The molecule has 1 fully saturated rings. The van der Waals surface area contributed by atoms with Crippen LogP contribution in [0.25, 0.3) is 10.2 Å². The minimum Gasteiger partial charge on any atom is -0.360 e. The van der Waals surface area contributed by atoms with E-state index in [9.17, 15) is 0 Å². The van der Waals surface area contributed by atoms with E-state index in [4.69, 9.17) is 16.6 Å². The molecule has 1 aromatic heterocycles. The minimum absolute atomic E-state index is 0.819. The molecule has 2 aromatic carbocycles. The van der Waals surface area contributed by atoms with Gasteiger partial charge in [0.15, 0.2) is 0 Å². The molecule has 124 valence electrons. The number of aromatic nitrogens is 1. The lowest BCUT2D eigenvalue weighted by molar-refractivity contribution is -0.914. The van der Waals surface area contributed by atoms with Crippen molar-refractivity contribution in [3.05, 3.63) is 58.1 Å². The van der Waals surface area contributed by atoms with Gasteiger partial charge in [-0.15, -0.1) is 11.3 Å². The highest BCUT2D eigenvalue weighted by Gasteiger charge is 2.22. The Morgan fingerprint density at radius 3 is 2.75 bits per heavy atom. The number of anilines is 1. The molecule has 0 bridgehead atoms. The molecule has 24 heavy (non-hydrogen) atoms. The Labute approximate surface area is 151 Å². The summed E-state index contributed by atoms with van der Waals surface area (Å²) in [6, 6.07) is 14.6. The molecule has 0 amide bonds. The summed E-state index contributed by atoms with van der Waals surface area (Å²) >= 11 is 8.00. The van der Waals surface area contributed by atoms with Crippen LogP contribution in [0.3, 0.4) is 0 Å². The molecular weight excluding hydrogens is 338 g/mol. The van der Waals surface area contributed by atoms with Crippen LogP contribution in [0.4, 0.5) is 5.69 Å². The molecule has 4 rings (SSSR count). The molecule has 0 atom stereocenters.